The van der Waals surface area contributed by atoms with Crippen molar-refractivity contribution in [2.45, 2.75) is 65.7 Å². The Bertz CT molecular complexity index is 190. The van der Waals surface area contributed by atoms with Gasteiger partial charge in [0.25, 0.3) is 0 Å². The zero-order valence-electron chi connectivity index (χ0n) is 10.6. The van der Waals surface area contributed by atoms with Crippen LogP contribution >= 0.6 is 0 Å². The van der Waals surface area contributed by atoms with Crippen LogP contribution in [0.4, 0.5) is 0 Å². The summed E-state index contributed by atoms with van der Waals surface area (Å²) in [7, 11) is 0. The minimum absolute atomic E-state index is 0.476. The van der Waals surface area contributed by atoms with Crippen molar-refractivity contribution in [3.63, 3.8) is 0 Å². The first-order valence-corrected chi connectivity index (χ1v) is 6.47. The molecule has 88 valence electrons. The molecule has 0 aromatic carbocycles. The van der Waals surface area contributed by atoms with E-state index in [1.807, 2.05) is 0 Å². The minimum atomic E-state index is 0.476. The third-order valence-corrected chi connectivity index (χ3v) is 3.94. The number of carbonyl (C=O) groups excluding carboxylic acids is 1. The van der Waals surface area contributed by atoms with E-state index in [9.17, 15) is 4.79 Å². The molecule has 15 heavy (non-hydrogen) atoms. The maximum atomic E-state index is 10.3. The fraction of sp³-hybridized carbons (Fsp3) is 0.929. The highest BCUT2D eigenvalue weighted by Crippen LogP contribution is 2.41. The molecular weight excluding hydrogens is 184 g/mol. The third kappa shape index (κ3) is 4.36. The molecule has 0 saturated heterocycles. The average Bonchev–Trinajstić information content (AvgIpc) is 2.17. The van der Waals surface area contributed by atoms with Gasteiger partial charge in [-0.3, -0.25) is 0 Å². The molecule has 0 bridgehead atoms. The number of hydrogen-bond donors (Lipinski definition) is 0. The molecule has 1 aliphatic carbocycles. The second-order valence-electron chi connectivity index (χ2n) is 6.19. The number of rotatable bonds is 4. The van der Waals surface area contributed by atoms with Crippen molar-refractivity contribution in [1.82, 2.24) is 0 Å². The number of aldehydes is 1. The number of hydrogen-bond acceptors (Lipinski definition) is 1. The lowest BCUT2D eigenvalue weighted by molar-refractivity contribution is -0.108. The Morgan fingerprint density at radius 1 is 1.27 bits per heavy atom. The molecule has 1 fully saturated rings. The molecular formula is C14H26O. The van der Waals surface area contributed by atoms with E-state index in [0.717, 1.165) is 31.0 Å². The topological polar surface area (TPSA) is 17.1 Å². The largest absolute Gasteiger partial charge is 0.303 e. The Balaban J connectivity index is 2.32. The van der Waals surface area contributed by atoms with E-state index < -0.39 is 0 Å². The summed E-state index contributed by atoms with van der Waals surface area (Å²) in [6.45, 7) is 7.10. The van der Waals surface area contributed by atoms with Crippen molar-refractivity contribution in [2.75, 3.05) is 0 Å². The summed E-state index contributed by atoms with van der Waals surface area (Å²) in [6.07, 6.45) is 9.78. The van der Waals surface area contributed by atoms with Crippen LogP contribution in [0.1, 0.15) is 65.7 Å². The second-order valence-corrected chi connectivity index (χ2v) is 6.19. The van der Waals surface area contributed by atoms with Gasteiger partial charge in [-0.15, -0.1) is 0 Å². The predicted octanol–water partition coefficient (Wildman–Crippen LogP) is 4.21. The predicted molar refractivity (Wildman–Crippen MR) is 64.8 cm³/mol. The molecule has 0 radical (unpaired) electrons. The molecule has 1 saturated carbocycles. The van der Waals surface area contributed by atoms with Crippen LogP contribution in [-0.4, -0.2) is 6.29 Å². The highest BCUT2D eigenvalue weighted by molar-refractivity contribution is 5.48. The van der Waals surface area contributed by atoms with Gasteiger partial charge in [0.2, 0.25) is 0 Å². The molecule has 2 unspecified atom stereocenters. The van der Waals surface area contributed by atoms with Crippen molar-refractivity contribution < 1.29 is 4.79 Å². The van der Waals surface area contributed by atoms with Gasteiger partial charge in [-0.25, -0.2) is 0 Å². The summed E-state index contributed by atoms with van der Waals surface area (Å²) in [5.41, 5.74) is 0.476. The zero-order valence-corrected chi connectivity index (χ0v) is 10.6. The Morgan fingerprint density at radius 2 is 2.00 bits per heavy atom. The molecule has 0 aliphatic heterocycles. The average molecular weight is 210 g/mol. The number of carbonyl (C=O) groups is 1. The van der Waals surface area contributed by atoms with E-state index in [4.69, 9.17) is 0 Å². The van der Waals surface area contributed by atoms with Crippen molar-refractivity contribution in [3.8, 4) is 0 Å². The fourth-order valence-electron chi connectivity index (χ4n) is 2.83. The summed E-state index contributed by atoms with van der Waals surface area (Å²) in [4.78, 5) is 10.3. The molecule has 2 atom stereocenters. The van der Waals surface area contributed by atoms with Crippen LogP contribution in [0.15, 0.2) is 0 Å². The molecule has 1 aliphatic rings. The fourth-order valence-corrected chi connectivity index (χ4v) is 2.83. The molecule has 0 amide bonds. The Labute approximate surface area is 94.6 Å². The standard InChI is InChI=1S/C14H26O/c1-14(2,3)13-9-6-8-12(11-13)7-4-5-10-15/h10,12-13H,4-9,11H2,1-3H3. The molecule has 0 aromatic heterocycles. The van der Waals surface area contributed by atoms with Gasteiger partial charge in [0.15, 0.2) is 0 Å². The van der Waals surface area contributed by atoms with Crippen LogP contribution in [0.25, 0.3) is 0 Å². The van der Waals surface area contributed by atoms with Gasteiger partial charge in [-0.1, -0.05) is 40.0 Å². The van der Waals surface area contributed by atoms with Gasteiger partial charge in [0, 0.05) is 6.42 Å². The van der Waals surface area contributed by atoms with Gasteiger partial charge >= 0.3 is 0 Å². The van der Waals surface area contributed by atoms with E-state index in [2.05, 4.69) is 20.8 Å². The lowest BCUT2D eigenvalue weighted by Crippen LogP contribution is -2.26. The van der Waals surface area contributed by atoms with Crippen molar-refractivity contribution in [1.29, 1.82) is 0 Å². The minimum Gasteiger partial charge on any atom is -0.303 e. The van der Waals surface area contributed by atoms with Crippen LogP contribution in [0.5, 0.6) is 0 Å². The molecule has 0 heterocycles. The van der Waals surface area contributed by atoms with Gasteiger partial charge in [-0.2, -0.15) is 0 Å². The van der Waals surface area contributed by atoms with Gasteiger partial charge in [0.05, 0.1) is 0 Å². The van der Waals surface area contributed by atoms with Crippen LogP contribution in [0, 0.1) is 17.3 Å². The van der Waals surface area contributed by atoms with Crippen LogP contribution in [0.3, 0.4) is 0 Å². The molecule has 1 rings (SSSR count). The van der Waals surface area contributed by atoms with Crippen LogP contribution in [-0.2, 0) is 4.79 Å². The van der Waals surface area contributed by atoms with E-state index in [0.29, 0.717) is 5.41 Å². The molecule has 0 aromatic rings. The highest BCUT2D eigenvalue weighted by atomic mass is 16.1. The normalized spacial score (nSPS) is 27.7. The van der Waals surface area contributed by atoms with Crippen molar-refractivity contribution in [3.05, 3.63) is 0 Å². The van der Waals surface area contributed by atoms with Crippen molar-refractivity contribution >= 4 is 6.29 Å². The first-order chi connectivity index (χ1) is 7.04. The number of unbranched alkanes of at least 4 members (excludes halogenated alkanes) is 1. The van der Waals surface area contributed by atoms with Gasteiger partial charge in [0.1, 0.15) is 6.29 Å². The maximum absolute atomic E-state index is 10.3. The van der Waals surface area contributed by atoms with E-state index >= 15 is 0 Å². The highest BCUT2D eigenvalue weighted by Gasteiger charge is 2.30. The SMILES string of the molecule is CC(C)(C)C1CCCC(CCCC=O)C1. The van der Waals surface area contributed by atoms with E-state index in [1.54, 1.807) is 0 Å². The smallest absolute Gasteiger partial charge is 0.119 e. The first-order valence-electron chi connectivity index (χ1n) is 6.47. The van der Waals surface area contributed by atoms with Crippen LogP contribution < -0.4 is 0 Å². The summed E-state index contributed by atoms with van der Waals surface area (Å²) >= 11 is 0. The zero-order chi connectivity index (χ0) is 11.3. The summed E-state index contributed by atoms with van der Waals surface area (Å²) in [5, 5.41) is 0. The van der Waals surface area contributed by atoms with Gasteiger partial charge < -0.3 is 4.79 Å². The lowest BCUT2D eigenvalue weighted by Gasteiger charge is -2.37. The van der Waals surface area contributed by atoms with Crippen molar-refractivity contribution in [2.24, 2.45) is 17.3 Å². The third-order valence-electron chi connectivity index (χ3n) is 3.94. The Kier molecular flexibility index (Phi) is 4.82. The molecule has 1 heteroatoms. The Hall–Kier alpha value is -0.330. The lowest BCUT2D eigenvalue weighted by atomic mass is 9.68. The quantitative estimate of drug-likeness (QED) is 0.502. The van der Waals surface area contributed by atoms with E-state index in [1.165, 1.54) is 32.1 Å². The second kappa shape index (κ2) is 5.67. The monoisotopic (exact) mass is 210 g/mol. The maximum Gasteiger partial charge on any atom is 0.119 e. The summed E-state index contributed by atoms with van der Waals surface area (Å²) < 4.78 is 0. The molecule has 0 N–H and O–H groups in total. The summed E-state index contributed by atoms with van der Waals surface area (Å²) in [6, 6.07) is 0. The summed E-state index contributed by atoms with van der Waals surface area (Å²) in [5.74, 6) is 1.79. The Morgan fingerprint density at radius 3 is 2.60 bits per heavy atom. The van der Waals surface area contributed by atoms with E-state index in [-0.39, 0.29) is 0 Å². The van der Waals surface area contributed by atoms with Gasteiger partial charge in [-0.05, 0) is 36.5 Å². The molecule has 0 spiro atoms. The van der Waals surface area contributed by atoms with Crippen LogP contribution in [0.2, 0.25) is 0 Å². The first kappa shape index (κ1) is 12.7. The molecule has 1 nitrogen and oxygen atoms in total.